The Hall–Kier alpha value is -2.34. The van der Waals surface area contributed by atoms with Gasteiger partial charge in [-0.3, -0.25) is 14.4 Å². The number of allylic oxidation sites excluding steroid dienone is 1. The van der Waals surface area contributed by atoms with Crippen LogP contribution in [0.25, 0.3) is 6.08 Å². The minimum Gasteiger partial charge on any atom is -0.458 e. The average Bonchev–Trinajstić information content (AvgIpc) is 3.62. The predicted octanol–water partition coefficient (Wildman–Crippen LogP) is 4.82. The summed E-state index contributed by atoms with van der Waals surface area (Å²) in [4.78, 5) is 34.8. The number of carbonyl (C=O) groups is 2. The van der Waals surface area contributed by atoms with Gasteiger partial charge in [0.15, 0.2) is 11.8 Å². The van der Waals surface area contributed by atoms with Gasteiger partial charge >= 0.3 is 5.97 Å². The number of amides is 1. The van der Waals surface area contributed by atoms with Gasteiger partial charge in [0.1, 0.15) is 29.8 Å². The molecule has 4 saturated heterocycles. The van der Waals surface area contributed by atoms with Crippen LogP contribution in [0, 0.1) is 11.3 Å². The van der Waals surface area contributed by atoms with Crippen LogP contribution in [-0.4, -0.2) is 83.7 Å². The fraction of sp³-hybridized carbons (Fsp3) is 0.730. The van der Waals surface area contributed by atoms with Gasteiger partial charge in [0.05, 0.1) is 25.4 Å². The number of benzene rings is 1. The minimum absolute atomic E-state index is 0.0894. The SMILES string of the molecule is CCCCCC1(CCCCC)O[C@@H]2[C@H](O1)[C@H]1ON(Cc3cccc(C=CC4CCC5OC5C4)c3)[C@H]3C(=O)O[C@@H]2C[C@@]13C(=O)NCCO. The molecule has 4 aliphatic heterocycles. The third-order valence-electron chi connectivity index (χ3n) is 11.3. The van der Waals surface area contributed by atoms with Crippen molar-refractivity contribution in [1.29, 1.82) is 0 Å². The third kappa shape index (κ3) is 6.42. The summed E-state index contributed by atoms with van der Waals surface area (Å²) in [6.07, 6.45) is 14.3. The van der Waals surface area contributed by atoms with Crippen LogP contribution in [0.4, 0.5) is 0 Å². The number of epoxide rings is 1. The van der Waals surface area contributed by atoms with Crippen molar-refractivity contribution in [3.8, 4) is 0 Å². The van der Waals surface area contributed by atoms with Crippen LogP contribution in [0.1, 0.15) is 102 Å². The summed E-state index contributed by atoms with van der Waals surface area (Å²) in [6, 6.07) is 7.28. The zero-order chi connectivity index (χ0) is 32.6. The van der Waals surface area contributed by atoms with Crippen LogP contribution in [0.2, 0.25) is 0 Å². The number of nitrogens with one attached hydrogen (secondary N) is 1. The Kier molecular flexibility index (Phi) is 9.80. The maximum atomic E-state index is 14.1. The van der Waals surface area contributed by atoms with Crippen molar-refractivity contribution >= 4 is 18.0 Å². The molecule has 3 unspecified atom stereocenters. The van der Waals surface area contributed by atoms with Gasteiger partial charge < -0.3 is 29.4 Å². The van der Waals surface area contributed by atoms with Crippen molar-refractivity contribution in [3.63, 3.8) is 0 Å². The maximum absolute atomic E-state index is 14.1. The molecule has 6 aliphatic rings. The maximum Gasteiger partial charge on any atom is 0.327 e. The second kappa shape index (κ2) is 13.9. The van der Waals surface area contributed by atoms with Gasteiger partial charge in [0, 0.05) is 25.8 Å². The Morgan fingerprint density at radius 2 is 1.83 bits per heavy atom. The number of hydrogen-bond acceptors (Lipinski definition) is 9. The van der Waals surface area contributed by atoms with Crippen LogP contribution in [-0.2, 0) is 39.9 Å². The summed E-state index contributed by atoms with van der Waals surface area (Å²) in [5.41, 5.74) is 0.815. The lowest BCUT2D eigenvalue weighted by Crippen LogP contribution is -2.69. The number of aliphatic hydroxyl groups excluding tert-OH is 1. The molecule has 2 bridgehead atoms. The minimum atomic E-state index is -1.23. The van der Waals surface area contributed by atoms with E-state index in [-0.39, 0.29) is 25.5 Å². The first-order valence-electron chi connectivity index (χ1n) is 18.2. The van der Waals surface area contributed by atoms with Crippen molar-refractivity contribution in [1.82, 2.24) is 10.4 Å². The van der Waals surface area contributed by atoms with Crippen LogP contribution in [0.5, 0.6) is 0 Å². The molecule has 0 spiro atoms. The highest BCUT2D eigenvalue weighted by atomic mass is 16.8. The van der Waals surface area contributed by atoms with E-state index in [1.54, 1.807) is 5.06 Å². The first kappa shape index (κ1) is 33.2. The normalized spacial score (nSPS) is 36.6. The van der Waals surface area contributed by atoms with Crippen LogP contribution in [0.3, 0.4) is 0 Å². The van der Waals surface area contributed by atoms with Crippen LogP contribution >= 0.6 is 0 Å². The number of ether oxygens (including phenoxy) is 4. The lowest BCUT2D eigenvalue weighted by molar-refractivity contribution is -0.224. The number of hydrogen-bond donors (Lipinski definition) is 2. The summed E-state index contributed by atoms with van der Waals surface area (Å²) in [6.45, 7) is 4.55. The smallest absolute Gasteiger partial charge is 0.327 e. The van der Waals surface area contributed by atoms with E-state index in [0.29, 0.717) is 24.7 Å². The number of aliphatic hydroxyl groups is 1. The van der Waals surface area contributed by atoms with Crippen molar-refractivity contribution in [2.75, 3.05) is 13.2 Å². The number of carbonyl (C=O) groups excluding carboxylic acids is 2. The Morgan fingerprint density at radius 3 is 2.57 bits per heavy atom. The summed E-state index contributed by atoms with van der Waals surface area (Å²) < 4.78 is 25.6. The molecule has 2 aliphatic carbocycles. The van der Waals surface area contributed by atoms with Gasteiger partial charge in [-0.1, -0.05) is 75.9 Å². The molecule has 1 aromatic rings. The molecule has 10 nitrogen and oxygen atoms in total. The number of fused-ring (bicyclic) bond motifs is 5. The molecule has 1 amide bonds. The predicted molar refractivity (Wildman–Crippen MR) is 173 cm³/mol. The van der Waals surface area contributed by atoms with Gasteiger partial charge in [0.25, 0.3) is 0 Å². The van der Waals surface area contributed by atoms with Gasteiger partial charge in [-0.25, -0.2) is 0 Å². The van der Waals surface area contributed by atoms with E-state index in [1.165, 1.54) is 0 Å². The van der Waals surface area contributed by atoms with Gasteiger partial charge in [-0.2, -0.15) is 5.06 Å². The number of hydroxylamine groups is 2. The summed E-state index contributed by atoms with van der Waals surface area (Å²) in [7, 11) is 0. The molecule has 6 fully saturated rings. The number of rotatable bonds is 15. The summed E-state index contributed by atoms with van der Waals surface area (Å²) in [5.74, 6) is -1.07. The van der Waals surface area contributed by atoms with Crippen LogP contribution < -0.4 is 5.32 Å². The highest BCUT2D eigenvalue weighted by molar-refractivity contribution is 5.93. The Balaban J connectivity index is 1.15. The summed E-state index contributed by atoms with van der Waals surface area (Å²) in [5, 5.41) is 14.1. The third-order valence-corrected chi connectivity index (χ3v) is 11.3. The summed E-state index contributed by atoms with van der Waals surface area (Å²) >= 11 is 0. The lowest BCUT2D eigenvalue weighted by Gasteiger charge is -2.48. The molecule has 2 N–H and O–H groups in total. The molecule has 9 atom stereocenters. The van der Waals surface area contributed by atoms with E-state index < -0.39 is 47.6 Å². The Morgan fingerprint density at radius 1 is 1.04 bits per heavy atom. The fourth-order valence-electron chi connectivity index (χ4n) is 8.86. The van der Waals surface area contributed by atoms with Crippen molar-refractivity contribution in [2.45, 2.75) is 146 Å². The molecule has 0 radical (unpaired) electrons. The molecular formula is C37H52N2O8. The van der Waals surface area contributed by atoms with E-state index in [2.05, 4.69) is 43.4 Å². The van der Waals surface area contributed by atoms with Crippen molar-refractivity contribution in [3.05, 3.63) is 41.5 Å². The van der Waals surface area contributed by atoms with Crippen LogP contribution in [0.15, 0.2) is 30.3 Å². The van der Waals surface area contributed by atoms with Gasteiger partial charge in [0.2, 0.25) is 5.91 Å². The van der Waals surface area contributed by atoms with Gasteiger partial charge in [-0.15, -0.1) is 0 Å². The topological polar surface area (TPSA) is 119 Å². The first-order valence-corrected chi connectivity index (χ1v) is 18.2. The first-order chi connectivity index (χ1) is 22.9. The number of nitrogens with zero attached hydrogens (tertiary/aromatic N) is 1. The number of unbranched alkanes of at least 4 members (excludes halogenated alkanes) is 4. The number of esters is 1. The quantitative estimate of drug-likeness (QED) is 0.156. The standard InChI is InChI=1S/C37H52N2O8/c1-3-5-7-16-36(17-8-6-4-2)45-30-29-22-37(35(42)38-18-19-40)32(34(41)44-29)39(47-33(37)31(30)46-36)23-26-11-9-10-24(20-26)12-13-25-14-15-27-28(21-25)43-27/h9-13,20,25,27-33,40H,3-8,14-19,21-23H2,1-2H3,(H,38,42)/t25?,27?,28?,29-,30+,31+,32+,33-,37+/m1/s1. The Labute approximate surface area is 278 Å². The molecule has 7 rings (SSSR count). The van der Waals surface area contributed by atoms with Crippen molar-refractivity contribution in [2.24, 2.45) is 11.3 Å². The molecule has 0 aromatic heterocycles. The van der Waals surface area contributed by atoms with E-state index in [9.17, 15) is 14.7 Å². The lowest BCUT2D eigenvalue weighted by atomic mass is 9.62. The molecule has 258 valence electrons. The molecule has 1 aromatic carbocycles. The zero-order valence-electron chi connectivity index (χ0n) is 27.9. The Bertz CT molecular complexity index is 1310. The van der Waals surface area contributed by atoms with E-state index in [1.807, 2.05) is 12.1 Å². The molecule has 4 heterocycles. The van der Waals surface area contributed by atoms with Gasteiger partial charge in [-0.05, 0) is 49.1 Å². The molecule has 2 saturated carbocycles. The molecular weight excluding hydrogens is 600 g/mol. The zero-order valence-corrected chi connectivity index (χ0v) is 27.9. The fourth-order valence-corrected chi connectivity index (χ4v) is 8.86. The largest absolute Gasteiger partial charge is 0.458 e. The highest BCUT2D eigenvalue weighted by Gasteiger charge is 2.76. The molecule has 10 heteroatoms. The van der Waals surface area contributed by atoms with E-state index in [0.717, 1.165) is 81.8 Å². The van der Waals surface area contributed by atoms with E-state index >= 15 is 0 Å². The second-order valence-electron chi connectivity index (χ2n) is 14.6. The highest BCUT2D eigenvalue weighted by Crippen LogP contribution is 2.58. The molecule has 47 heavy (non-hydrogen) atoms. The van der Waals surface area contributed by atoms with Crippen molar-refractivity contribution < 1.29 is 38.5 Å². The monoisotopic (exact) mass is 652 g/mol. The second-order valence-corrected chi connectivity index (χ2v) is 14.6. The van der Waals surface area contributed by atoms with E-state index in [4.69, 9.17) is 23.8 Å². The average molecular weight is 653 g/mol.